The molecule has 0 unspecified atom stereocenters. The Bertz CT molecular complexity index is 781. The largest absolute Gasteiger partial charge is 0.462 e. The van der Waals surface area contributed by atoms with Crippen LogP contribution in [0.5, 0.6) is 0 Å². The Labute approximate surface area is 160 Å². The maximum absolute atomic E-state index is 12.2. The molecule has 0 bridgehead atoms. The van der Waals surface area contributed by atoms with Crippen LogP contribution in [0.1, 0.15) is 50.9 Å². The van der Waals surface area contributed by atoms with E-state index >= 15 is 0 Å². The minimum Gasteiger partial charge on any atom is -0.462 e. The molecular formula is C18H22N2O4S2. The number of carbonyl (C=O) groups is 3. The molecule has 2 heterocycles. The number of hydrogen-bond acceptors (Lipinski definition) is 6. The van der Waals surface area contributed by atoms with Crippen LogP contribution in [0.25, 0.3) is 0 Å². The lowest BCUT2D eigenvalue weighted by atomic mass is 10.1. The van der Waals surface area contributed by atoms with Gasteiger partial charge in [0.15, 0.2) is 0 Å². The third-order valence-electron chi connectivity index (χ3n) is 3.77. The van der Waals surface area contributed by atoms with E-state index in [4.69, 9.17) is 4.74 Å². The van der Waals surface area contributed by atoms with Gasteiger partial charge in [0.25, 0.3) is 5.91 Å². The summed E-state index contributed by atoms with van der Waals surface area (Å²) < 4.78 is 5.07. The molecule has 2 rings (SSSR count). The first-order valence-corrected chi connectivity index (χ1v) is 10.1. The van der Waals surface area contributed by atoms with Gasteiger partial charge in [0.1, 0.15) is 5.00 Å². The Morgan fingerprint density at radius 2 is 2.00 bits per heavy atom. The van der Waals surface area contributed by atoms with Crippen molar-refractivity contribution < 1.29 is 19.1 Å². The number of ether oxygens (including phenoxy) is 1. The Morgan fingerprint density at radius 3 is 2.65 bits per heavy atom. The average Bonchev–Trinajstić information content (AvgIpc) is 3.21. The summed E-state index contributed by atoms with van der Waals surface area (Å²) in [5, 5.41) is 9.71. The van der Waals surface area contributed by atoms with Crippen LogP contribution in [-0.4, -0.2) is 30.9 Å². The molecule has 26 heavy (non-hydrogen) atoms. The zero-order chi connectivity index (χ0) is 19.1. The van der Waals surface area contributed by atoms with Gasteiger partial charge in [-0.25, -0.2) is 4.79 Å². The Hall–Kier alpha value is -2.19. The molecule has 2 amide bonds. The third kappa shape index (κ3) is 5.15. The fraction of sp³-hybridized carbons (Fsp3) is 0.389. The number of carbonyl (C=O) groups excluding carboxylic acids is 3. The number of rotatable bonds is 8. The molecule has 8 heteroatoms. The maximum atomic E-state index is 12.2. The van der Waals surface area contributed by atoms with E-state index < -0.39 is 5.97 Å². The first-order chi connectivity index (χ1) is 12.4. The topological polar surface area (TPSA) is 84.5 Å². The van der Waals surface area contributed by atoms with E-state index in [-0.39, 0.29) is 24.8 Å². The van der Waals surface area contributed by atoms with E-state index in [1.54, 1.807) is 18.4 Å². The lowest BCUT2D eigenvalue weighted by Crippen LogP contribution is -2.25. The van der Waals surface area contributed by atoms with Gasteiger partial charge >= 0.3 is 5.97 Å². The first kappa shape index (κ1) is 20.1. The highest BCUT2D eigenvalue weighted by molar-refractivity contribution is 7.16. The van der Waals surface area contributed by atoms with Gasteiger partial charge in [0, 0.05) is 28.8 Å². The Balaban J connectivity index is 1.85. The second-order valence-electron chi connectivity index (χ2n) is 5.63. The van der Waals surface area contributed by atoms with Crippen LogP contribution in [-0.2, 0) is 9.53 Å². The summed E-state index contributed by atoms with van der Waals surface area (Å²) >= 11 is 2.83. The summed E-state index contributed by atoms with van der Waals surface area (Å²) in [6.45, 7) is 6.18. The van der Waals surface area contributed by atoms with Crippen molar-refractivity contribution in [3.05, 3.63) is 38.4 Å². The van der Waals surface area contributed by atoms with Gasteiger partial charge in [0.05, 0.1) is 12.2 Å². The van der Waals surface area contributed by atoms with E-state index in [0.717, 1.165) is 10.4 Å². The third-order valence-corrected chi connectivity index (χ3v) is 5.57. The fourth-order valence-electron chi connectivity index (χ4n) is 2.30. The highest BCUT2D eigenvalue weighted by Gasteiger charge is 2.21. The number of thiophene rings is 2. The van der Waals surface area contributed by atoms with E-state index in [2.05, 4.69) is 10.6 Å². The van der Waals surface area contributed by atoms with Gasteiger partial charge in [-0.15, -0.1) is 11.3 Å². The quantitative estimate of drug-likeness (QED) is 0.527. The molecule has 0 aliphatic carbocycles. The number of anilines is 1. The molecule has 0 aliphatic rings. The van der Waals surface area contributed by atoms with E-state index in [1.807, 2.05) is 19.2 Å². The number of nitrogens with one attached hydrogen (secondary N) is 2. The second-order valence-corrected chi connectivity index (χ2v) is 7.63. The summed E-state index contributed by atoms with van der Waals surface area (Å²) in [5.41, 5.74) is 1.88. The summed E-state index contributed by atoms with van der Waals surface area (Å²) in [7, 11) is 0. The van der Waals surface area contributed by atoms with Crippen LogP contribution in [0, 0.1) is 13.8 Å². The monoisotopic (exact) mass is 394 g/mol. The molecule has 140 valence electrons. The lowest BCUT2D eigenvalue weighted by Gasteiger charge is -2.07. The molecule has 0 saturated heterocycles. The molecule has 0 aliphatic heterocycles. The molecule has 0 saturated carbocycles. The molecule has 2 aromatic heterocycles. The van der Waals surface area contributed by atoms with Crippen molar-refractivity contribution in [3.8, 4) is 0 Å². The fourth-order valence-corrected chi connectivity index (χ4v) is 4.00. The Morgan fingerprint density at radius 1 is 1.23 bits per heavy atom. The SMILES string of the molecule is CCOC(=O)c1c(NC(=O)CCCNC(=O)c2ccsc2)sc(C)c1C. The average molecular weight is 395 g/mol. The normalized spacial score (nSPS) is 10.4. The zero-order valence-corrected chi connectivity index (χ0v) is 16.6. The second kappa shape index (κ2) is 9.49. The predicted octanol–water partition coefficient (Wildman–Crippen LogP) is 3.75. The number of aryl methyl sites for hydroxylation is 1. The van der Waals surface area contributed by atoms with E-state index in [1.165, 1.54) is 22.7 Å². The van der Waals surface area contributed by atoms with Gasteiger partial charge in [-0.2, -0.15) is 11.3 Å². The number of amides is 2. The molecule has 0 spiro atoms. The van der Waals surface area contributed by atoms with Crippen molar-refractivity contribution in [2.75, 3.05) is 18.5 Å². The standard InChI is InChI=1S/C18H22N2O4S2/c1-4-24-18(23)15-11(2)12(3)26-17(15)20-14(21)6-5-8-19-16(22)13-7-9-25-10-13/h7,9-10H,4-6,8H2,1-3H3,(H,19,22)(H,20,21). The number of esters is 1. The molecule has 0 fully saturated rings. The maximum Gasteiger partial charge on any atom is 0.341 e. The van der Waals surface area contributed by atoms with Crippen molar-refractivity contribution in [1.29, 1.82) is 0 Å². The van der Waals surface area contributed by atoms with Gasteiger partial charge in [-0.3, -0.25) is 9.59 Å². The van der Waals surface area contributed by atoms with Crippen LogP contribution < -0.4 is 10.6 Å². The van der Waals surface area contributed by atoms with Crippen molar-refractivity contribution in [1.82, 2.24) is 5.32 Å². The van der Waals surface area contributed by atoms with Gasteiger partial charge in [0.2, 0.25) is 5.91 Å². The van der Waals surface area contributed by atoms with Crippen molar-refractivity contribution in [3.63, 3.8) is 0 Å². The molecular weight excluding hydrogens is 372 g/mol. The van der Waals surface area contributed by atoms with Crippen LogP contribution >= 0.6 is 22.7 Å². The van der Waals surface area contributed by atoms with Crippen LogP contribution in [0.3, 0.4) is 0 Å². The molecule has 2 aromatic rings. The highest BCUT2D eigenvalue weighted by Crippen LogP contribution is 2.33. The van der Waals surface area contributed by atoms with Crippen LogP contribution in [0.4, 0.5) is 5.00 Å². The minimum absolute atomic E-state index is 0.138. The van der Waals surface area contributed by atoms with Crippen molar-refractivity contribution in [2.45, 2.75) is 33.6 Å². The van der Waals surface area contributed by atoms with E-state index in [9.17, 15) is 14.4 Å². The minimum atomic E-state index is -0.423. The summed E-state index contributed by atoms with van der Waals surface area (Å²) in [6.07, 6.45) is 0.766. The van der Waals surface area contributed by atoms with Crippen molar-refractivity contribution in [2.24, 2.45) is 0 Å². The summed E-state index contributed by atoms with van der Waals surface area (Å²) in [5.74, 6) is -0.755. The zero-order valence-electron chi connectivity index (χ0n) is 15.0. The molecule has 0 aromatic carbocycles. The molecule has 6 nitrogen and oxygen atoms in total. The van der Waals surface area contributed by atoms with E-state index in [0.29, 0.717) is 29.1 Å². The van der Waals surface area contributed by atoms with Gasteiger partial charge in [-0.05, 0) is 44.2 Å². The van der Waals surface area contributed by atoms with Crippen molar-refractivity contribution >= 4 is 45.5 Å². The predicted molar refractivity (Wildman–Crippen MR) is 104 cm³/mol. The highest BCUT2D eigenvalue weighted by atomic mass is 32.1. The van der Waals surface area contributed by atoms with Gasteiger partial charge < -0.3 is 15.4 Å². The molecule has 0 radical (unpaired) electrons. The lowest BCUT2D eigenvalue weighted by molar-refractivity contribution is -0.116. The Kier molecular flexibility index (Phi) is 7.35. The van der Waals surface area contributed by atoms with Gasteiger partial charge in [-0.1, -0.05) is 0 Å². The van der Waals surface area contributed by atoms with Crippen LogP contribution in [0.2, 0.25) is 0 Å². The smallest absolute Gasteiger partial charge is 0.341 e. The van der Waals surface area contributed by atoms with Crippen LogP contribution in [0.15, 0.2) is 16.8 Å². The summed E-state index contributed by atoms with van der Waals surface area (Å²) in [6, 6.07) is 1.76. The molecule has 2 N–H and O–H groups in total. The molecule has 0 atom stereocenters. The first-order valence-electron chi connectivity index (χ1n) is 8.31. The summed E-state index contributed by atoms with van der Waals surface area (Å²) in [4.78, 5) is 37.1. The number of hydrogen-bond donors (Lipinski definition) is 2.